The second kappa shape index (κ2) is 10.6. The van der Waals surface area contributed by atoms with Gasteiger partial charge >= 0.3 is 4.87 Å². The quantitative estimate of drug-likeness (QED) is 0.216. The van der Waals surface area contributed by atoms with E-state index in [9.17, 15) is 13.2 Å². The molecule has 0 spiro atoms. The van der Waals surface area contributed by atoms with E-state index in [1.165, 1.54) is 31.5 Å². The number of fused-ring (bicyclic) bond motifs is 4. The van der Waals surface area contributed by atoms with Gasteiger partial charge in [0.05, 0.1) is 47.8 Å². The summed E-state index contributed by atoms with van der Waals surface area (Å²) < 4.78 is 50.9. The second-order valence-corrected chi connectivity index (χ2v) is 14.7. The van der Waals surface area contributed by atoms with Gasteiger partial charge in [-0.2, -0.15) is 9.78 Å². The van der Waals surface area contributed by atoms with Crippen LogP contribution in [0.25, 0.3) is 32.4 Å². The Kier molecular flexibility index (Phi) is 7.13. The van der Waals surface area contributed by atoms with Crippen molar-refractivity contribution in [3.8, 4) is 22.7 Å². The molecule has 0 amide bonds. The van der Waals surface area contributed by atoms with Gasteiger partial charge in [-0.1, -0.05) is 50.6 Å². The number of ether oxygens (including phenoxy) is 1. The summed E-state index contributed by atoms with van der Waals surface area (Å²) in [6.07, 6.45) is 0.947. The molecule has 5 aromatic rings. The zero-order valence-electron chi connectivity index (χ0n) is 25.6. The van der Waals surface area contributed by atoms with Gasteiger partial charge in [0.15, 0.2) is 0 Å². The van der Waals surface area contributed by atoms with Crippen LogP contribution in [-0.2, 0) is 28.1 Å². The van der Waals surface area contributed by atoms with Gasteiger partial charge in [0.25, 0.3) is 15.4 Å². The van der Waals surface area contributed by atoms with Crippen molar-refractivity contribution in [1.82, 2.24) is 14.8 Å². The van der Waals surface area contributed by atoms with Gasteiger partial charge in [0.1, 0.15) is 5.82 Å². The number of sulfone groups is 1. The fourth-order valence-electron chi connectivity index (χ4n) is 5.89. The molecule has 0 saturated heterocycles. The van der Waals surface area contributed by atoms with E-state index in [1.54, 1.807) is 48.5 Å². The van der Waals surface area contributed by atoms with Gasteiger partial charge in [-0.05, 0) is 65.4 Å². The number of methoxy groups -OCH3 is 1. The molecular formula is C35H31FN4O4S. The predicted molar refractivity (Wildman–Crippen MR) is 171 cm³/mol. The zero-order valence-corrected chi connectivity index (χ0v) is 26.4. The fraction of sp³-hybridized carbons (Fsp3) is 0.257. The summed E-state index contributed by atoms with van der Waals surface area (Å²) in [7, 11) is -2.83. The van der Waals surface area contributed by atoms with Crippen LogP contribution < -0.4 is 10.3 Å². The third-order valence-electron chi connectivity index (χ3n) is 8.46. The summed E-state index contributed by atoms with van der Waals surface area (Å²) in [5, 5.41) is 4.68. The number of aryl methyl sites for hydroxylation is 1. The molecule has 8 nitrogen and oxygen atoms in total. The SMILES string of the molecule is [C-]#[N+]C1(S(=O)(=O)c2ccc(C)cc2)Cc2nc(OC)ccc2-c2cccc(-n3ncc4cc(C(C)(C)C)cc(F)c4c3=O)c2C1. The van der Waals surface area contributed by atoms with Crippen molar-refractivity contribution in [3.63, 3.8) is 0 Å². The van der Waals surface area contributed by atoms with Crippen LogP contribution >= 0.6 is 0 Å². The van der Waals surface area contributed by atoms with Gasteiger partial charge in [-0.15, -0.1) is 0 Å². The number of hydrogen-bond acceptors (Lipinski definition) is 6. The molecule has 45 heavy (non-hydrogen) atoms. The first kappa shape index (κ1) is 30.2. The Morgan fingerprint density at radius 3 is 2.42 bits per heavy atom. The molecule has 0 N–H and O–H groups in total. The Hall–Kier alpha value is -4.88. The molecule has 1 atom stereocenters. The summed E-state index contributed by atoms with van der Waals surface area (Å²) in [6, 6.07) is 18.1. The minimum Gasteiger partial charge on any atom is -0.481 e. The van der Waals surface area contributed by atoms with E-state index in [4.69, 9.17) is 11.3 Å². The predicted octanol–water partition coefficient (Wildman–Crippen LogP) is 6.39. The highest BCUT2D eigenvalue weighted by Gasteiger charge is 2.54. The average Bonchev–Trinajstić information content (AvgIpc) is 3.15. The van der Waals surface area contributed by atoms with Gasteiger partial charge in [-0.25, -0.2) is 24.4 Å². The van der Waals surface area contributed by atoms with Crippen LogP contribution in [0.5, 0.6) is 5.88 Å². The average molecular weight is 623 g/mol. The number of benzene rings is 3. The van der Waals surface area contributed by atoms with Gasteiger partial charge < -0.3 is 4.74 Å². The molecule has 6 rings (SSSR count). The van der Waals surface area contributed by atoms with E-state index in [-0.39, 0.29) is 40.1 Å². The monoisotopic (exact) mass is 622 g/mol. The van der Waals surface area contributed by atoms with E-state index in [1.807, 2.05) is 27.7 Å². The molecule has 2 heterocycles. The molecule has 228 valence electrons. The number of rotatable bonds is 4. The summed E-state index contributed by atoms with van der Waals surface area (Å²) in [6.45, 7) is 16.1. The van der Waals surface area contributed by atoms with Crippen LogP contribution in [0.3, 0.4) is 0 Å². The first-order valence-electron chi connectivity index (χ1n) is 14.4. The third-order valence-corrected chi connectivity index (χ3v) is 10.7. The molecule has 3 aromatic carbocycles. The maximum absolute atomic E-state index is 15.6. The first-order valence-corrected chi connectivity index (χ1v) is 15.9. The zero-order chi connectivity index (χ0) is 32.3. The Bertz CT molecular complexity index is 2210. The minimum absolute atomic E-state index is 0.00666. The van der Waals surface area contributed by atoms with E-state index in [0.29, 0.717) is 27.8 Å². The lowest BCUT2D eigenvalue weighted by Gasteiger charge is -2.23. The number of nitrogens with zero attached hydrogens (tertiary/aromatic N) is 4. The van der Waals surface area contributed by atoms with E-state index >= 15 is 4.39 Å². The minimum atomic E-state index is -4.29. The highest BCUT2D eigenvalue weighted by atomic mass is 32.2. The van der Waals surface area contributed by atoms with E-state index < -0.39 is 26.1 Å². The Morgan fingerprint density at radius 2 is 1.76 bits per heavy atom. The number of pyridine rings is 1. The largest absolute Gasteiger partial charge is 0.481 e. The maximum atomic E-state index is 15.6. The van der Waals surface area contributed by atoms with Crippen molar-refractivity contribution in [2.24, 2.45) is 0 Å². The fourth-order valence-corrected chi connectivity index (χ4v) is 7.61. The summed E-state index contributed by atoms with van der Waals surface area (Å²) in [4.78, 5) is 20.4. The van der Waals surface area contributed by atoms with Crippen LogP contribution in [0, 0.1) is 19.3 Å². The second-order valence-electron chi connectivity index (χ2n) is 12.4. The summed E-state index contributed by atoms with van der Waals surface area (Å²) >= 11 is 0. The van der Waals surface area contributed by atoms with Crippen molar-refractivity contribution >= 4 is 20.6 Å². The molecule has 2 aromatic heterocycles. The van der Waals surface area contributed by atoms with Crippen molar-refractivity contribution in [3.05, 3.63) is 123 Å². The lowest BCUT2D eigenvalue weighted by molar-refractivity contribution is 0.396. The molecule has 1 aliphatic rings. The van der Waals surface area contributed by atoms with Gasteiger partial charge in [0, 0.05) is 17.0 Å². The van der Waals surface area contributed by atoms with E-state index in [2.05, 4.69) is 14.9 Å². The molecule has 0 radical (unpaired) electrons. The smallest absolute Gasteiger partial charge is 0.343 e. The highest BCUT2D eigenvalue weighted by Crippen LogP contribution is 2.44. The molecule has 1 aliphatic carbocycles. The third kappa shape index (κ3) is 4.88. The first-order chi connectivity index (χ1) is 21.3. The highest BCUT2D eigenvalue weighted by molar-refractivity contribution is 7.93. The van der Waals surface area contributed by atoms with Crippen LogP contribution in [-0.4, -0.2) is 35.2 Å². The standard InChI is InChI=1S/C35H31FN4O4S/c1-21-10-12-24(13-11-21)45(42,43)35(37-5)18-27-25(26-14-15-31(44-6)39-29(26)19-35)8-7-9-30(27)40-33(41)32-22(20-38-40)16-23(17-28(32)36)34(2,3)4/h7-17,20H,18-19H2,1-4,6H3. The molecule has 1 unspecified atom stereocenters. The molecule has 0 saturated carbocycles. The number of hydrogen-bond donors (Lipinski definition) is 0. The number of aromatic nitrogens is 3. The normalized spacial score (nSPS) is 16.4. The van der Waals surface area contributed by atoms with Crippen molar-refractivity contribution < 1.29 is 17.5 Å². The molecule has 0 bridgehead atoms. The van der Waals surface area contributed by atoms with Gasteiger partial charge in [0.2, 0.25) is 5.88 Å². The summed E-state index contributed by atoms with van der Waals surface area (Å²) in [5.74, 6) is -0.392. The Labute approximate surface area is 260 Å². The van der Waals surface area contributed by atoms with Crippen molar-refractivity contribution in [1.29, 1.82) is 0 Å². The molecule has 0 aliphatic heterocycles. The van der Waals surface area contributed by atoms with Crippen LogP contribution in [0.15, 0.2) is 82.6 Å². The number of halogens is 1. The molecule has 0 fully saturated rings. The van der Waals surface area contributed by atoms with Crippen molar-refractivity contribution in [2.45, 2.75) is 55.7 Å². The van der Waals surface area contributed by atoms with Crippen LogP contribution in [0.1, 0.15) is 43.2 Å². The summed E-state index contributed by atoms with van der Waals surface area (Å²) in [5.41, 5.74) is 2.80. The maximum Gasteiger partial charge on any atom is 0.343 e. The molecular weight excluding hydrogens is 591 g/mol. The topological polar surface area (TPSA) is 95.5 Å². The van der Waals surface area contributed by atoms with Gasteiger partial charge in [-0.3, -0.25) is 9.64 Å². The Morgan fingerprint density at radius 1 is 1.02 bits per heavy atom. The lowest BCUT2D eigenvalue weighted by atomic mass is 9.86. The van der Waals surface area contributed by atoms with E-state index in [0.717, 1.165) is 15.8 Å². The molecule has 10 heteroatoms. The van der Waals surface area contributed by atoms with Crippen molar-refractivity contribution in [2.75, 3.05) is 7.11 Å². The van der Waals surface area contributed by atoms with Crippen LogP contribution in [0.2, 0.25) is 0 Å². The Balaban J connectivity index is 1.64. The van der Waals surface area contributed by atoms with Crippen LogP contribution in [0.4, 0.5) is 4.39 Å². The lowest BCUT2D eigenvalue weighted by Crippen LogP contribution is -2.40.